The van der Waals surface area contributed by atoms with E-state index in [1.54, 1.807) is 23.7 Å². The highest BCUT2D eigenvalue weighted by Crippen LogP contribution is 2.24. The number of aryl methyl sites for hydroxylation is 1. The van der Waals surface area contributed by atoms with Crippen LogP contribution in [-0.4, -0.2) is 15.0 Å². The second kappa shape index (κ2) is 4.93. The number of hydrogen-bond donors (Lipinski definition) is 1. The van der Waals surface area contributed by atoms with Gasteiger partial charge in [0, 0.05) is 23.1 Å². The molecule has 3 aromatic rings. The molecule has 0 aliphatic heterocycles. The van der Waals surface area contributed by atoms with E-state index in [0.29, 0.717) is 6.42 Å². The van der Waals surface area contributed by atoms with E-state index in [9.17, 15) is 4.39 Å². The SMILES string of the molecule is Cc1[nH]cnc1Cc1nc(-c2cccc(F)c2)cs1. The number of aromatic nitrogens is 3. The molecule has 0 saturated carbocycles. The van der Waals surface area contributed by atoms with Crippen LogP contribution >= 0.6 is 11.3 Å². The summed E-state index contributed by atoms with van der Waals surface area (Å²) < 4.78 is 13.2. The van der Waals surface area contributed by atoms with Crippen LogP contribution in [0.15, 0.2) is 36.0 Å². The third-order valence-electron chi connectivity index (χ3n) is 2.93. The number of thiazole rings is 1. The minimum absolute atomic E-state index is 0.241. The Labute approximate surface area is 114 Å². The fourth-order valence-corrected chi connectivity index (χ4v) is 2.69. The molecule has 0 amide bonds. The number of nitrogens with one attached hydrogen (secondary N) is 1. The van der Waals surface area contributed by atoms with Crippen LogP contribution in [0.25, 0.3) is 11.3 Å². The van der Waals surface area contributed by atoms with Crippen molar-refractivity contribution in [2.45, 2.75) is 13.3 Å². The van der Waals surface area contributed by atoms with E-state index in [1.165, 1.54) is 12.1 Å². The van der Waals surface area contributed by atoms with Crippen LogP contribution in [0.3, 0.4) is 0 Å². The molecular weight excluding hydrogens is 261 g/mol. The largest absolute Gasteiger partial charge is 0.348 e. The molecule has 5 heteroatoms. The highest BCUT2D eigenvalue weighted by molar-refractivity contribution is 7.10. The lowest BCUT2D eigenvalue weighted by atomic mass is 10.2. The molecule has 0 unspecified atom stereocenters. The van der Waals surface area contributed by atoms with Crippen molar-refractivity contribution in [2.24, 2.45) is 0 Å². The van der Waals surface area contributed by atoms with E-state index in [-0.39, 0.29) is 5.82 Å². The van der Waals surface area contributed by atoms with Gasteiger partial charge in [0.2, 0.25) is 0 Å². The average molecular weight is 273 g/mol. The van der Waals surface area contributed by atoms with Crippen molar-refractivity contribution in [1.29, 1.82) is 0 Å². The Morgan fingerprint density at radius 3 is 3.00 bits per heavy atom. The normalized spacial score (nSPS) is 10.8. The third kappa shape index (κ3) is 2.56. The van der Waals surface area contributed by atoms with E-state index in [0.717, 1.165) is 27.7 Å². The van der Waals surface area contributed by atoms with E-state index >= 15 is 0 Å². The first-order chi connectivity index (χ1) is 9.22. The van der Waals surface area contributed by atoms with Crippen molar-refractivity contribution >= 4 is 11.3 Å². The van der Waals surface area contributed by atoms with Gasteiger partial charge in [-0.3, -0.25) is 0 Å². The molecule has 2 heterocycles. The van der Waals surface area contributed by atoms with Gasteiger partial charge in [0.15, 0.2) is 0 Å². The smallest absolute Gasteiger partial charge is 0.123 e. The molecule has 96 valence electrons. The van der Waals surface area contributed by atoms with Crippen molar-refractivity contribution < 1.29 is 4.39 Å². The van der Waals surface area contributed by atoms with Crippen LogP contribution in [0.5, 0.6) is 0 Å². The first-order valence-corrected chi connectivity index (χ1v) is 6.79. The summed E-state index contributed by atoms with van der Waals surface area (Å²) in [7, 11) is 0. The molecule has 19 heavy (non-hydrogen) atoms. The minimum atomic E-state index is -0.241. The van der Waals surface area contributed by atoms with Gasteiger partial charge in [-0.1, -0.05) is 12.1 Å². The van der Waals surface area contributed by atoms with Crippen LogP contribution in [0.4, 0.5) is 4.39 Å². The first kappa shape index (κ1) is 12.0. The van der Waals surface area contributed by atoms with Gasteiger partial charge in [0.1, 0.15) is 5.82 Å². The van der Waals surface area contributed by atoms with Gasteiger partial charge >= 0.3 is 0 Å². The van der Waals surface area contributed by atoms with Crippen LogP contribution in [-0.2, 0) is 6.42 Å². The van der Waals surface area contributed by atoms with Crippen molar-refractivity contribution in [1.82, 2.24) is 15.0 Å². The zero-order chi connectivity index (χ0) is 13.2. The molecular formula is C14H12FN3S. The maximum Gasteiger partial charge on any atom is 0.123 e. The highest BCUT2D eigenvalue weighted by Gasteiger charge is 2.08. The van der Waals surface area contributed by atoms with E-state index in [1.807, 2.05) is 18.4 Å². The monoisotopic (exact) mass is 273 g/mol. The standard InChI is InChI=1S/C14H12FN3S/c1-9-12(17-8-16-9)6-14-18-13(7-19-14)10-3-2-4-11(15)5-10/h2-5,7-8H,6H2,1H3,(H,16,17). The summed E-state index contributed by atoms with van der Waals surface area (Å²) in [6.45, 7) is 1.99. The Bertz CT molecular complexity index is 702. The van der Waals surface area contributed by atoms with Crippen molar-refractivity contribution in [3.05, 3.63) is 58.2 Å². The number of benzene rings is 1. The summed E-state index contributed by atoms with van der Waals surface area (Å²) in [4.78, 5) is 11.8. The number of imidazole rings is 1. The van der Waals surface area contributed by atoms with Gasteiger partial charge in [-0.2, -0.15) is 0 Å². The summed E-state index contributed by atoms with van der Waals surface area (Å²) in [5.41, 5.74) is 3.68. The Morgan fingerprint density at radius 1 is 1.37 bits per heavy atom. The van der Waals surface area contributed by atoms with Crippen LogP contribution in [0, 0.1) is 12.7 Å². The second-order valence-electron chi connectivity index (χ2n) is 4.29. The molecule has 0 aliphatic rings. The van der Waals surface area contributed by atoms with Gasteiger partial charge in [0.05, 0.1) is 22.7 Å². The lowest BCUT2D eigenvalue weighted by molar-refractivity contribution is 0.628. The fourth-order valence-electron chi connectivity index (χ4n) is 1.88. The van der Waals surface area contributed by atoms with Gasteiger partial charge in [-0.05, 0) is 19.1 Å². The number of nitrogens with zero attached hydrogens (tertiary/aromatic N) is 2. The summed E-state index contributed by atoms with van der Waals surface area (Å²) in [5, 5.41) is 2.93. The molecule has 0 saturated heterocycles. The van der Waals surface area contributed by atoms with E-state index in [4.69, 9.17) is 0 Å². The Hall–Kier alpha value is -2.01. The van der Waals surface area contributed by atoms with E-state index < -0.39 is 0 Å². The molecule has 3 rings (SSSR count). The van der Waals surface area contributed by atoms with Crippen molar-refractivity contribution in [2.75, 3.05) is 0 Å². The predicted octanol–water partition coefficient (Wildman–Crippen LogP) is 3.57. The van der Waals surface area contributed by atoms with Crippen LogP contribution < -0.4 is 0 Å². The Balaban J connectivity index is 1.86. The molecule has 0 atom stereocenters. The molecule has 2 aromatic heterocycles. The summed E-state index contributed by atoms with van der Waals surface area (Å²) in [5.74, 6) is -0.241. The summed E-state index contributed by atoms with van der Waals surface area (Å²) in [6, 6.07) is 6.49. The van der Waals surface area contributed by atoms with Crippen molar-refractivity contribution in [3.8, 4) is 11.3 Å². The number of aromatic amines is 1. The topological polar surface area (TPSA) is 41.6 Å². The second-order valence-corrected chi connectivity index (χ2v) is 5.23. The van der Waals surface area contributed by atoms with Gasteiger partial charge in [0.25, 0.3) is 0 Å². The third-order valence-corrected chi connectivity index (χ3v) is 3.77. The molecule has 0 spiro atoms. The first-order valence-electron chi connectivity index (χ1n) is 5.91. The lowest BCUT2D eigenvalue weighted by Gasteiger charge is -1.96. The molecule has 1 N–H and O–H groups in total. The van der Waals surface area contributed by atoms with Gasteiger partial charge in [-0.15, -0.1) is 11.3 Å². The molecule has 1 aromatic carbocycles. The van der Waals surface area contributed by atoms with Gasteiger partial charge in [-0.25, -0.2) is 14.4 Å². The maximum atomic E-state index is 13.2. The fraction of sp³-hybridized carbons (Fsp3) is 0.143. The zero-order valence-electron chi connectivity index (χ0n) is 10.4. The summed E-state index contributed by atoms with van der Waals surface area (Å²) >= 11 is 1.57. The Kier molecular flexibility index (Phi) is 3.13. The van der Waals surface area contributed by atoms with E-state index in [2.05, 4.69) is 15.0 Å². The zero-order valence-corrected chi connectivity index (χ0v) is 11.2. The molecule has 0 aliphatic carbocycles. The average Bonchev–Trinajstić information content (AvgIpc) is 3.00. The predicted molar refractivity (Wildman–Crippen MR) is 73.6 cm³/mol. The summed E-state index contributed by atoms with van der Waals surface area (Å²) in [6.07, 6.45) is 2.39. The maximum absolute atomic E-state index is 13.2. The van der Waals surface area contributed by atoms with Crippen molar-refractivity contribution in [3.63, 3.8) is 0 Å². The van der Waals surface area contributed by atoms with Gasteiger partial charge < -0.3 is 4.98 Å². The van der Waals surface area contributed by atoms with Crippen LogP contribution in [0.1, 0.15) is 16.4 Å². The number of rotatable bonds is 3. The van der Waals surface area contributed by atoms with Crippen LogP contribution in [0.2, 0.25) is 0 Å². The highest BCUT2D eigenvalue weighted by atomic mass is 32.1. The molecule has 3 nitrogen and oxygen atoms in total. The number of hydrogen-bond acceptors (Lipinski definition) is 3. The number of halogens is 1. The molecule has 0 bridgehead atoms. The minimum Gasteiger partial charge on any atom is -0.348 e. The molecule has 0 fully saturated rings. The lowest BCUT2D eigenvalue weighted by Crippen LogP contribution is -1.90. The number of H-pyrrole nitrogens is 1. The quantitative estimate of drug-likeness (QED) is 0.792. The molecule has 0 radical (unpaired) electrons. The Morgan fingerprint density at radius 2 is 2.26 bits per heavy atom.